The maximum Gasteiger partial charge on any atom is 0.222 e. The summed E-state index contributed by atoms with van der Waals surface area (Å²) in [6.45, 7) is 1.57. The van der Waals surface area contributed by atoms with Gasteiger partial charge in [0.25, 0.3) is 0 Å². The van der Waals surface area contributed by atoms with Gasteiger partial charge in [-0.2, -0.15) is 5.10 Å². The van der Waals surface area contributed by atoms with Crippen molar-refractivity contribution < 1.29 is 9.90 Å². The molecule has 0 bridgehead atoms. The van der Waals surface area contributed by atoms with Crippen molar-refractivity contribution in [1.82, 2.24) is 15.1 Å². The van der Waals surface area contributed by atoms with Crippen LogP contribution in [0.5, 0.6) is 0 Å². The Bertz CT molecular complexity index is 830. The van der Waals surface area contributed by atoms with Crippen molar-refractivity contribution >= 4 is 28.4 Å². The summed E-state index contributed by atoms with van der Waals surface area (Å²) < 4.78 is 0. The van der Waals surface area contributed by atoms with Crippen LogP contribution in [-0.4, -0.2) is 39.2 Å². The zero-order valence-electron chi connectivity index (χ0n) is 14.0. The maximum absolute atomic E-state index is 12.4. The van der Waals surface area contributed by atoms with Crippen LogP contribution in [0.15, 0.2) is 18.3 Å². The monoisotopic (exact) mass is 359 g/mol. The van der Waals surface area contributed by atoms with E-state index in [1.165, 1.54) is 12.8 Å². The number of carbonyl (C=O) groups excluding carboxylic acids is 1. The summed E-state index contributed by atoms with van der Waals surface area (Å²) in [7, 11) is 0. The molecule has 2 aliphatic carbocycles. The van der Waals surface area contributed by atoms with E-state index in [0.717, 1.165) is 29.6 Å². The van der Waals surface area contributed by atoms with E-state index < -0.39 is 5.60 Å². The van der Waals surface area contributed by atoms with Gasteiger partial charge in [-0.05, 0) is 61.1 Å². The molecule has 2 heterocycles. The Morgan fingerprint density at radius 1 is 1.32 bits per heavy atom. The largest absolute Gasteiger partial charge is 0.385 e. The Labute approximate surface area is 151 Å². The highest BCUT2D eigenvalue weighted by atomic mass is 35.5. The lowest BCUT2D eigenvalue weighted by Gasteiger charge is -2.27. The van der Waals surface area contributed by atoms with E-state index >= 15 is 0 Å². The number of carbonyl (C=O) groups is 1. The van der Waals surface area contributed by atoms with E-state index in [2.05, 4.69) is 10.2 Å². The third-order valence-electron chi connectivity index (χ3n) is 6.31. The van der Waals surface area contributed by atoms with Gasteiger partial charge in [-0.25, -0.2) is 0 Å². The predicted molar refractivity (Wildman–Crippen MR) is 95.1 cm³/mol. The zero-order chi connectivity index (χ0) is 17.2. The van der Waals surface area contributed by atoms with Crippen LogP contribution in [0.4, 0.5) is 0 Å². The minimum absolute atomic E-state index is 0.306. The smallest absolute Gasteiger partial charge is 0.222 e. The second-order valence-electron chi connectivity index (χ2n) is 8.19. The molecule has 0 radical (unpaired) electrons. The highest BCUT2D eigenvalue weighted by Crippen LogP contribution is 2.51. The number of aromatic nitrogens is 2. The number of H-pyrrole nitrogens is 1. The van der Waals surface area contributed by atoms with Crippen molar-refractivity contribution in [3.8, 4) is 0 Å². The molecule has 2 saturated carbocycles. The molecule has 0 unspecified atom stereocenters. The summed E-state index contributed by atoms with van der Waals surface area (Å²) in [5.41, 5.74) is 0.844. The number of nitrogens with one attached hydrogen (secondary N) is 1. The van der Waals surface area contributed by atoms with Crippen LogP contribution in [0, 0.1) is 17.8 Å². The van der Waals surface area contributed by atoms with Crippen LogP contribution >= 0.6 is 11.6 Å². The van der Waals surface area contributed by atoms with Gasteiger partial charge in [0.1, 0.15) is 0 Å². The van der Waals surface area contributed by atoms with Crippen molar-refractivity contribution in [1.29, 1.82) is 0 Å². The lowest BCUT2D eigenvalue weighted by molar-refractivity contribution is -0.131. The van der Waals surface area contributed by atoms with Gasteiger partial charge >= 0.3 is 0 Å². The molecule has 3 aliphatic rings. The Morgan fingerprint density at radius 2 is 2.04 bits per heavy atom. The fourth-order valence-corrected chi connectivity index (χ4v) is 5.09. The first-order valence-electron chi connectivity index (χ1n) is 9.15. The molecule has 5 rings (SSSR count). The van der Waals surface area contributed by atoms with Crippen LogP contribution in [0.2, 0.25) is 5.02 Å². The zero-order valence-corrected chi connectivity index (χ0v) is 14.8. The van der Waals surface area contributed by atoms with E-state index in [-0.39, 0.29) is 0 Å². The van der Waals surface area contributed by atoms with Crippen molar-refractivity contribution in [2.24, 2.45) is 17.8 Å². The van der Waals surface area contributed by atoms with Gasteiger partial charge in [-0.1, -0.05) is 11.6 Å². The van der Waals surface area contributed by atoms with Crippen LogP contribution in [0.25, 0.3) is 10.9 Å². The standard InChI is InChI=1S/C19H22ClN3O2/c20-14-4-16(15-8-21-22-17(15)5-14)19(25)6-12-9-23(10-13(12)7-19)18(24)3-11-1-2-11/h4-5,8,11-13,25H,1-3,6-7,9-10H2,(H,21,22)/t12-,13+,19-. The molecule has 1 amide bonds. The lowest BCUT2D eigenvalue weighted by atomic mass is 9.88. The number of aliphatic hydroxyl groups is 1. The SMILES string of the molecule is O=C(CC1CC1)N1C[C@@H]2C[C@@](O)(c3cc(Cl)cc4[nH]ncc34)C[C@@H]2C1. The van der Waals surface area contributed by atoms with E-state index in [1.807, 2.05) is 17.0 Å². The highest BCUT2D eigenvalue weighted by molar-refractivity contribution is 6.31. The molecule has 0 spiro atoms. The number of hydrogen-bond donors (Lipinski definition) is 2. The van der Waals surface area contributed by atoms with Crippen molar-refractivity contribution in [2.45, 2.75) is 37.7 Å². The van der Waals surface area contributed by atoms with E-state index in [0.29, 0.717) is 47.9 Å². The first-order chi connectivity index (χ1) is 12.0. The number of fused-ring (bicyclic) bond motifs is 2. The average Bonchev–Trinajstić information content (AvgIpc) is 2.97. The minimum Gasteiger partial charge on any atom is -0.385 e. The number of aromatic amines is 1. The molecular weight excluding hydrogens is 338 g/mol. The molecule has 1 aromatic heterocycles. The molecule has 1 saturated heterocycles. The Balaban J connectivity index is 1.37. The van der Waals surface area contributed by atoms with Gasteiger partial charge in [-0.3, -0.25) is 9.89 Å². The number of rotatable bonds is 3. The molecule has 3 fully saturated rings. The normalized spacial score (nSPS) is 31.7. The van der Waals surface area contributed by atoms with E-state index in [1.54, 1.807) is 6.20 Å². The van der Waals surface area contributed by atoms with Gasteiger partial charge in [-0.15, -0.1) is 0 Å². The van der Waals surface area contributed by atoms with E-state index in [9.17, 15) is 9.90 Å². The van der Waals surface area contributed by atoms with Gasteiger partial charge < -0.3 is 10.0 Å². The molecule has 2 N–H and O–H groups in total. The van der Waals surface area contributed by atoms with Crippen LogP contribution in [0.1, 0.15) is 37.7 Å². The minimum atomic E-state index is -0.881. The van der Waals surface area contributed by atoms with Gasteiger partial charge in [0.2, 0.25) is 5.91 Å². The summed E-state index contributed by atoms with van der Waals surface area (Å²) >= 11 is 6.25. The van der Waals surface area contributed by atoms with Gasteiger partial charge in [0.05, 0.1) is 17.3 Å². The summed E-state index contributed by atoms with van der Waals surface area (Å²) in [5, 5.41) is 20.0. The molecule has 2 aromatic rings. The van der Waals surface area contributed by atoms with Crippen LogP contribution in [0.3, 0.4) is 0 Å². The van der Waals surface area contributed by atoms with Gasteiger partial charge in [0, 0.05) is 29.9 Å². The van der Waals surface area contributed by atoms with Gasteiger partial charge in [0.15, 0.2) is 0 Å². The van der Waals surface area contributed by atoms with Crippen molar-refractivity contribution in [2.75, 3.05) is 13.1 Å². The molecule has 5 nitrogen and oxygen atoms in total. The number of nitrogens with zero attached hydrogens (tertiary/aromatic N) is 2. The lowest BCUT2D eigenvalue weighted by Crippen LogP contribution is -2.32. The Morgan fingerprint density at radius 3 is 2.72 bits per heavy atom. The second kappa shape index (κ2) is 5.45. The first kappa shape index (κ1) is 15.6. The molecular formula is C19H22ClN3O2. The third kappa shape index (κ3) is 2.64. The fraction of sp³-hybridized carbons (Fsp3) is 0.579. The van der Waals surface area contributed by atoms with Crippen LogP contribution in [-0.2, 0) is 10.4 Å². The molecule has 1 aliphatic heterocycles. The van der Waals surface area contributed by atoms with Crippen molar-refractivity contribution in [3.63, 3.8) is 0 Å². The summed E-state index contributed by atoms with van der Waals surface area (Å²) in [6, 6.07) is 3.71. The summed E-state index contributed by atoms with van der Waals surface area (Å²) in [4.78, 5) is 14.4. The number of amides is 1. The quantitative estimate of drug-likeness (QED) is 0.884. The Kier molecular flexibility index (Phi) is 3.41. The third-order valence-corrected chi connectivity index (χ3v) is 6.53. The number of halogens is 1. The number of benzene rings is 1. The number of likely N-dealkylation sites (tertiary alicyclic amines) is 1. The first-order valence-corrected chi connectivity index (χ1v) is 9.53. The van der Waals surface area contributed by atoms with Crippen LogP contribution < -0.4 is 0 Å². The second-order valence-corrected chi connectivity index (χ2v) is 8.63. The maximum atomic E-state index is 12.4. The molecule has 25 heavy (non-hydrogen) atoms. The molecule has 1 aromatic carbocycles. The fourth-order valence-electron chi connectivity index (χ4n) is 4.87. The molecule has 132 valence electrons. The predicted octanol–water partition coefficient (Wildman–Crippen LogP) is 3.07. The summed E-state index contributed by atoms with van der Waals surface area (Å²) in [6.07, 6.45) is 6.27. The highest BCUT2D eigenvalue weighted by Gasteiger charge is 2.50. The summed E-state index contributed by atoms with van der Waals surface area (Å²) in [5.74, 6) is 1.68. The van der Waals surface area contributed by atoms with Crippen molar-refractivity contribution in [3.05, 3.63) is 28.9 Å². The molecule has 3 atom stereocenters. The average molecular weight is 360 g/mol. The topological polar surface area (TPSA) is 69.2 Å². The van der Waals surface area contributed by atoms with E-state index in [4.69, 9.17) is 11.6 Å². The molecule has 6 heteroatoms. The number of hydrogen-bond acceptors (Lipinski definition) is 3. The Hall–Kier alpha value is -1.59.